The molecule has 0 aliphatic carbocycles. The molecule has 1 atom stereocenters. The zero-order valence-corrected chi connectivity index (χ0v) is 20.0. The first-order valence-electron chi connectivity index (χ1n) is 11.9. The Morgan fingerprint density at radius 3 is 2.59 bits per heavy atom. The number of hydrogen-bond donors (Lipinski definition) is 1. The standard InChI is InChI=1S/C27H31N3O4/c1-17-7-8-21(13-18(17)2)20-9-11-30(12-10-20)15-22(31)16-32-24-5-4-6-25-23(24)14-26(34-25)27-29-28-19(3)33-27/h4-8,13-14,20,22,31H,9-12,15-16H2,1-3H3/t22-/m0/s1. The molecule has 1 saturated heterocycles. The van der Waals surface area contributed by atoms with Crippen LogP contribution in [0, 0.1) is 20.8 Å². The van der Waals surface area contributed by atoms with Gasteiger partial charge in [-0.1, -0.05) is 24.3 Å². The molecule has 0 radical (unpaired) electrons. The first-order chi connectivity index (χ1) is 16.5. The van der Waals surface area contributed by atoms with Gasteiger partial charge in [0.25, 0.3) is 5.89 Å². The summed E-state index contributed by atoms with van der Waals surface area (Å²) in [6.45, 7) is 8.87. The van der Waals surface area contributed by atoms with Gasteiger partial charge in [-0.25, -0.2) is 0 Å². The summed E-state index contributed by atoms with van der Waals surface area (Å²) in [5, 5.41) is 19.3. The molecule has 4 aromatic rings. The fourth-order valence-electron chi connectivity index (χ4n) is 4.67. The molecule has 2 aromatic heterocycles. The van der Waals surface area contributed by atoms with Crippen molar-refractivity contribution in [1.82, 2.24) is 15.1 Å². The van der Waals surface area contributed by atoms with Crippen molar-refractivity contribution < 1.29 is 18.7 Å². The molecule has 34 heavy (non-hydrogen) atoms. The third kappa shape index (κ3) is 4.86. The highest BCUT2D eigenvalue weighted by Crippen LogP contribution is 2.33. The monoisotopic (exact) mass is 461 g/mol. The van der Waals surface area contributed by atoms with Gasteiger partial charge in [0.2, 0.25) is 5.89 Å². The van der Waals surface area contributed by atoms with Crippen LogP contribution in [0.3, 0.4) is 0 Å². The van der Waals surface area contributed by atoms with Crippen molar-refractivity contribution in [3.63, 3.8) is 0 Å². The maximum Gasteiger partial charge on any atom is 0.283 e. The lowest BCUT2D eigenvalue weighted by Crippen LogP contribution is -2.40. The molecule has 0 saturated carbocycles. The second-order valence-electron chi connectivity index (χ2n) is 9.29. The molecule has 5 rings (SSSR count). The summed E-state index contributed by atoms with van der Waals surface area (Å²) in [7, 11) is 0. The van der Waals surface area contributed by atoms with Crippen LogP contribution in [0.2, 0.25) is 0 Å². The molecule has 0 unspecified atom stereocenters. The molecule has 1 aliphatic heterocycles. The van der Waals surface area contributed by atoms with E-state index in [9.17, 15) is 5.11 Å². The van der Waals surface area contributed by atoms with Crippen molar-refractivity contribution in [2.75, 3.05) is 26.2 Å². The zero-order chi connectivity index (χ0) is 23.7. The number of β-amino-alcohol motifs (C(OH)–C–C–N with tert-alkyl or cyclic N) is 1. The molecule has 2 aromatic carbocycles. The number of aliphatic hydroxyl groups excluding tert-OH is 1. The molecule has 1 N–H and O–H groups in total. The minimum absolute atomic E-state index is 0.219. The Bertz CT molecular complexity index is 1270. The van der Waals surface area contributed by atoms with Crippen molar-refractivity contribution in [3.8, 4) is 17.4 Å². The van der Waals surface area contributed by atoms with Crippen LogP contribution >= 0.6 is 0 Å². The molecule has 7 heteroatoms. The third-order valence-corrected chi connectivity index (χ3v) is 6.75. The van der Waals surface area contributed by atoms with E-state index in [1.807, 2.05) is 24.3 Å². The number of hydrogen-bond acceptors (Lipinski definition) is 7. The van der Waals surface area contributed by atoms with E-state index in [2.05, 4.69) is 47.1 Å². The van der Waals surface area contributed by atoms with Gasteiger partial charge in [-0.15, -0.1) is 10.2 Å². The van der Waals surface area contributed by atoms with Crippen LogP contribution in [0.15, 0.2) is 51.3 Å². The maximum absolute atomic E-state index is 10.6. The maximum atomic E-state index is 10.6. The van der Waals surface area contributed by atoms with Gasteiger partial charge in [-0.05, 0) is 74.5 Å². The number of nitrogens with zero attached hydrogens (tertiary/aromatic N) is 3. The van der Waals surface area contributed by atoms with Crippen LogP contribution in [-0.2, 0) is 0 Å². The van der Waals surface area contributed by atoms with E-state index in [1.165, 1.54) is 16.7 Å². The highest BCUT2D eigenvalue weighted by atomic mass is 16.5. The zero-order valence-electron chi connectivity index (χ0n) is 20.0. The average molecular weight is 462 g/mol. The van der Waals surface area contributed by atoms with E-state index in [0.717, 1.165) is 31.3 Å². The van der Waals surface area contributed by atoms with Gasteiger partial charge < -0.3 is 23.6 Å². The fraction of sp³-hybridized carbons (Fsp3) is 0.407. The highest BCUT2D eigenvalue weighted by Gasteiger charge is 2.23. The quantitative estimate of drug-likeness (QED) is 0.413. The Morgan fingerprint density at radius 2 is 1.85 bits per heavy atom. The van der Waals surface area contributed by atoms with Crippen molar-refractivity contribution in [3.05, 3.63) is 65.0 Å². The minimum atomic E-state index is -0.571. The smallest absolute Gasteiger partial charge is 0.283 e. The summed E-state index contributed by atoms with van der Waals surface area (Å²) in [6, 6.07) is 14.3. The average Bonchev–Trinajstić information content (AvgIpc) is 3.46. The number of aliphatic hydroxyl groups is 1. The van der Waals surface area contributed by atoms with Gasteiger partial charge in [0.15, 0.2) is 5.76 Å². The first kappa shape index (κ1) is 22.6. The van der Waals surface area contributed by atoms with Crippen molar-refractivity contribution >= 4 is 11.0 Å². The summed E-state index contributed by atoms with van der Waals surface area (Å²) in [5.74, 6) is 2.58. The van der Waals surface area contributed by atoms with Crippen molar-refractivity contribution in [1.29, 1.82) is 0 Å². The lowest BCUT2D eigenvalue weighted by Gasteiger charge is -2.33. The normalized spacial score (nSPS) is 16.2. The molecule has 1 aliphatic rings. The van der Waals surface area contributed by atoms with E-state index in [4.69, 9.17) is 13.6 Å². The molecular formula is C27H31N3O4. The lowest BCUT2D eigenvalue weighted by atomic mass is 9.88. The molecule has 0 bridgehead atoms. The Labute approximate surface area is 199 Å². The van der Waals surface area contributed by atoms with Gasteiger partial charge >= 0.3 is 0 Å². The second-order valence-corrected chi connectivity index (χ2v) is 9.29. The summed E-state index contributed by atoms with van der Waals surface area (Å²) in [6.07, 6.45) is 1.66. The molecule has 0 spiro atoms. The predicted molar refractivity (Wildman–Crippen MR) is 130 cm³/mol. The molecule has 178 valence electrons. The topological polar surface area (TPSA) is 84.8 Å². The molecule has 1 fully saturated rings. The van der Waals surface area contributed by atoms with Crippen LogP contribution in [0.1, 0.15) is 41.3 Å². The SMILES string of the molecule is Cc1nnc(-c2cc3c(OC[C@@H](O)CN4CCC(c5ccc(C)c(C)c5)CC4)cccc3o2)o1. The number of aryl methyl sites for hydroxylation is 3. The summed E-state index contributed by atoms with van der Waals surface area (Å²) >= 11 is 0. The molecule has 3 heterocycles. The van der Waals surface area contributed by atoms with Crippen LogP contribution in [0.25, 0.3) is 22.6 Å². The Morgan fingerprint density at radius 1 is 1.03 bits per heavy atom. The van der Waals surface area contributed by atoms with E-state index in [1.54, 1.807) is 6.92 Å². The fourth-order valence-corrected chi connectivity index (χ4v) is 4.67. The number of ether oxygens (including phenoxy) is 1. The summed E-state index contributed by atoms with van der Waals surface area (Å²) in [4.78, 5) is 2.33. The Kier molecular flexibility index (Phi) is 6.39. The van der Waals surface area contributed by atoms with Crippen molar-refractivity contribution in [2.45, 2.75) is 45.6 Å². The lowest BCUT2D eigenvalue weighted by molar-refractivity contribution is 0.0599. The van der Waals surface area contributed by atoms with E-state index in [-0.39, 0.29) is 6.61 Å². The van der Waals surface area contributed by atoms with Crippen molar-refractivity contribution in [2.24, 2.45) is 0 Å². The highest BCUT2D eigenvalue weighted by molar-refractivity contribution is 5.87. The summed E-state index contributed by atoms with van der Waals surface area (Å²) < 4.78 is 17.3. The number of piperidine rings is 1. The van der Waals surface area contributed by atoms with Crippen LogP contribution in [0.4, 0.5) is 0 Å². The van der Waals surface area contributed by atoms with Gasteiger partial charge in [0.1, 0.15) is 24.0 Å². The van der Waals surface area contributed by atoms with E-state index in [0.29, 0.717) is 41.3 Å². The van der Waals surface area contributed by atoms with Gasteiger partial charge in [-0.2, -0.15) is 0 Å². The minimum Gasteiger partial charge on any atom is -0.490 e. The van der Waals surface area contributed by atoms with Crippen LogP contribution < -0.4 is 4.74 Å². The van der Waals surface area contributed by atoms with Gasteiger partial charge in [0, 0.05) is 19.5 Å². The number of rotatable bonds is 7. The number of furan rings is 1. The van der Waals surface area contributed by atoms with Gasteiger partial charge in [0.05, 0.1) is 5.39 Å². The molecule has 0 amide bonds. The first-order valence-corrected chi connectivity index (χ1v) is 11.9. The largest absolute Gasteiger partial charge is 0.490 e. The van der Waals surface area contributed by atoms with E-state index >= 15 is 0 Å². The Hall–Kier alpha value is -3.16. The summed E-state index contributed by atoms with van der Waals surface area (Å²) in [5.41, 5.74) is 4.82. The second kappa shape index (κ2) is 9.60. The van der Waals surface area contributed by atoms with Crippen LogP contribution in [-0.4, -0.2) is 52.5 Å². The van der Waals surface area contributed by atoms with Crippen LogP contribution in [0.5, 0.6) is 5.75 Å². The number of fused-ring (bicyclic) bond motifs is 1. The Balaban J connectivity index is 1.16. The molecule has 7 nitrogen and oxygen atoms in total. The number of aromatic nitrogens is 2. The number of likely N-dealkylation sites (tertiary alicyclic amines) is 1. The van der Waals surface area contributed by atoms with Gasteiger partial charge in [-0.3, -0.25) is 0 Å². The van der Waals surface area contributed by atoms with E-state index < -0.39 is 6.10 Å². The predicted octanol–water partition coefficient (Wildman–Crippen LogP) is 5.03. The molecular weight excluding hydrogens is 430 g/mol. The third-order valence-electron chi connectivity index (χ3n) is 6.75. The number of benzene rings is 2.